The van der Waals surface area contributed by atoms with Gasteiger partial charge in [-0.05, 0) is 35.9 Å². The molecule has 1 aromatic rings. The minimum Gasteiger partial charge on any atom is -0.316 e. The van der Waals surface area contributed by atoms with Crippen LogP contribution in [0.15, 0.2) is 18.2 Å². The van der Waals surface area contributed by atoms with Gasteiger partial charge in [-0.15, -0.1) is 0 Å². The van der Waals surface area contributed by atoms with E-state index >= 15 is 0 Å². The third-order valence-electron chi connectivity index (χ3n) is 3.80. The molecule has 0 bridgehead atoms. The van der Waals surface area contributed by atoms with E-state index < -0.39 is 0 Å². The second-order valence-corrected chi connectivity index (χ2v) is 5.86. The summed E-state index contributed by atoms with van der Waals surface area (Å²) < 4.78 is 13.5. The number of benzene rings is 1. The number of halogens is 2. The first-order chi connectivity index (χ1) is 8.40. The van der Waals surface area contributed by atoms with Crippen molar-refractivity contribution in [2.24, 2.45) is 11.3 Å². The smallest absolute Gasteiger partial charge is 0.142 e. The predicted molar refractivity (Wildman–Crippen MR) is 76.6 cm³/mol. The Balaban J connectivity index is 2.93. The molecule has 0 spiro atoms. The summed E-state index contributed by atoms with van der Waals surface area (Å²) in [5, 5.41) is 3.65. The van der Waals surface area contributed by atoms with Crippen molar-refractivity contribution in [3.63, 3.8) is 0 Å². The van der Waals surface area contributed by atoms with Crippen molar-refractivity contribution >= 4 is 11.6 Å². The maximum absolute atomic E-state index is 13.5. The van der Waals surface area contributed by atoms with Gasteiger partial charge >= 0.3 is 0 Å². The second-order valence-electron chi connectivity index (χ2n) is 5.48. The highest BCUT2D eigenvalue weighted by atomic mass is 35.5. The third-order valence-corrected chi connectivity index (χ3v) is 4.22. The summed E-state index contributed by atoms with van der Waals surface area (Å²) in [5.41, 5.74) is 0.971. The Morgan fingerprint density at radius 3 is 2.61 bits per heavy atom. The first-order valence-corrected chi connectivity index (χ1v) is 6.92. The van der Waals surface area contributed by atoms with E-state index in [1.54, 1.807) is 6.07 Å². The Morgan fingerprint density at radius 1 is 1.39 bits per heavy atom. The van der Waals surface area contributed by atoms with Crippen LogP contribution in [-0.4, -0.2) is 13.1 Å². The normalized spacial score (nSPS) is 14.8. The minimum absolute atomic E-state index is 0.0768. The van der Waals surface area contributed by atoms with Gasteiger partial charge in [0.05, 0.1) is 5.02 Å². The second kappa shape index (κ2) is 6.53. The van der Waals surface area contributed by atoms with E-state index in [1.807, 2.05) is 6.07 Å². The Morgan fingerprint density at radius 2 is 2.06 bits per heavy atom. The average Bonchev–Trinajstić information content (AvgIpc) is 2.32. The molecule has 0 saturated carbocycles. The largest absolute Gasteiger partial charge is 0.316 e. The number of rotatable bonds is 6. The van der Waals surface area contributed by atoms with Crippen LogP contribution in [-0.2, 0) is 6.42 Å². The summed E-state index contributed by atoms with van der Waals surface area (Å²) in [7, 11) is 0. The van der Waals surface area contributed by atoms with Crippen molar-refractivity contribution in [3.05, 3.63) is 34.6 Å². The van der Waals surface area contributed by atoms with Gasteiger partial charge in [-0.1, -0.05) is 51.4 Å². The van der Waals surface area contributed by atoms with Crippen LogP contribution < -0.4 is 5.32 Å². The zero-order chi connectivity index (χ0) is 13.8. The predicted octanol–water partition coefficient (Wildman–Crippen LogP) is 4.29. The van der Waals surface area contributed by atoms with Crippen molar-refractivity contribution in [2.75, 3.05) is 13.1 Å². The highest BCUT2D eigenvalue weighted by Gasteiger charge is 2.29. The standard InChI is InChI=1S/C15H23ClFN/c1-5-18-10-15(4,11(2)3)9-12-7-6-8-13(17)14(12)16/h6-8,11,18H,5,9-10H2,1-4H3. The van der Waals surface area contributed by atoms with Gasteiger partial charge in [-0.2, -0.15) is 0 Å². The van der Waals surface area contributed by atoms with Crippen LogP contribution in [0.4, 0.5) is 4.39 Å². The molecule has 3 heteroatoms. The Bertz CT molecular complexity index is 392. The van der Waals surface area contributed by atoms with Crippen LogP contribution in [0.5, 0.6) is 0 Å². The van der Waals surface area contributed by atoms with Crippen molar-refractivity contribution in [2.45, 2.75) is 34.1 Å². The van der Waals surface area contributed by atoms with E-state index in [4.69, 9.17) is 11.6 Å². The Kier molecular flexibility index (Phi) is 5.61. The van der Waals surface area contributed by atoms with E-state index in [2.05, 4.69) is 33.0 Å². The molecule has 0 aliphatic rings. The zero-order valence-corrected chi connectivity index (χ0v) is 12.4. The van der Waals surface area contributed by atoms with Gasteiger partial charge in [0.15, 0.2) is 0 Å². The minimum atomic E-state index is -0.330. The van der Waals surface area contributed by atoms with E-state index in [0.717, 1.165) is 25.1 Å². The van der Waals surface area contributed by atoms with Crippen molar-refractivity contribution in [3.8, 4) is 0 Å². The van der Waals surface area contributed by atoms with Gasteiger partial charge in [0.25, 0.3) is 0 Å². The van der Waals surface area contributed by atoms with Gasteiger partial charge in [-0.25, -0.2) is 4.39 Å². The summed E-state index contributed by atoms with van der Waals surface area (Å²) in [6.07, 6.45) is 0.786. The van der Waals surface area contributed by atoms with E-state index in [-0.39, 0.29) is 16.3 Å². The molecule has 0 aliphatic heterocycles. The fourth-order valence-corrected chi connectivity index (χ4v) is 2.19. The van der Waals surface area contributed by atoms with Gasteiger partial charge in [0, 0.05) is 6.54 Å². The first-order valence-electron chi connectivity index (χ1n) is 6.54. The van der Waals surface area contributed by atoms with Crippen molar-refractivity contribution in [1.82, 2.24) is 5.32 Å². The maximum Gasteiger partial charge on any atom is 0.142 e. The summed E-state index contributed by atoms with van der Waals surface area (Å²) in [6.45, 7) is 10.6. The highest BCUT2D eigenvalue weighted by molar-refractivity contribution is 6.31. The van der Waals surface area contributed by atoms with Crippen LogP contribution in [0, 0.1) is 17.2 Å². The molecule has 0 aliphatic carbocycles. The van der Waals surface area contributed by atoms with Crippen molar-refractivity contribution < 1.29 is 4.39 Å². The van der Waals surface area contributed by atoms with E-state index in [0.29, 0.717) is 5.92 Å². The fraction of sp³-hybridized carbons (Fsp3) is 0.600. The molecule has 0 amide bonds. The summed E-state index contributed by atoms with van der Waals surface area (Å²) in [6, 6.07) is 5.05. The SMILES string of the molecule is CCNCC(C)(Cc1cccc(F)c1Cl)C(C)C. The molecule has 0 radical (unpaired) electrons. The quantitative estimate of drug-likeness (QED) is 0.814. The van der Waals surface area contributed by atoms with Crippen LogP contribution in [0.2, 0.25) is 5.02 Å². The molecular formula is C15H23ClFN. The number of nitrogens with one attached hydrogen (secondary N) is 1. The molecule has 1 N–H and O–H groups in total. The van der Waals surface area contributed by atoms with Gasteiger partial charge in [0.2, 0.25) is 0 Å². The van der Waals surface area contributed by atoms with Crippen molar-refractivity contribution in [1.29, 1.82) is 0 Å². The number of hydrogen-bond acceptors (Lipinski definition) is 1. The topological polar surface area (TPSA) is 12.0 Å². The monoisotopic (exact) mass is 271 g/mol. The van der Waals surface area contributed by atoms with Gasteiger partial charge in [-0.3, -0.25) is 0 Å². The maximum atomic E-state index is 13.5. The molecule has 1 unspecified atom stereocenters. The Labute approximate surface area is 115 Å². The lowest BCUT2D eigenvalue weighted by Crippen LogP contribution is -2.38. The Hall–Kier alpha value is -0.600. The van der Waals surface area contributed by atoms with Gasteiger partial charge < -0.3 is 5.32 Å². The average molecular weight is 272 g/mol. The summed E-state index contributed by atoms with van der Waals surface area (Å²) in [4.78, 5) is 0. The lowest BCUT2D eigenvalue weighted by Gasteiger charge is -2.34. The van der Waals surface area contributed by atoms with Gasteiger partial charge in [0.1, 0.15) is 5.82 Å². The lowest BCUT2D eigenvalue weighted by atomic mass is 9.74. The fourth-order valence-electron chi connectivity index (χ4n) is 2.00. The lowest BCUT2D eigenvalue weighted by molar-refractivity contribution is 0.209. The molecule has 0 fully saturated rings. The van der Waals surface area contributed by atoms with Crippen LogP contribution in [0.3, 0.4) is 0 Å². The van der Waals surface area contributed by atoms with E-state index in [9.17, 15) is 4.39 Å². The zero-order valence-electron chi connectivity index (χ0n) is 11.7. The molecule has 18 heavy (non-hydrogen) atoms. The molecule has 1 rings (SSSR count). The molecule has 1 atom stereocenters. The molecule has 1 nitrogen and oxygen atoms in total. The summed E-state index contributed by atoms with van der Waals surface area (Å²) >= 11 is 6.04. The highest BCUT2D eigenvalue weighted by Crippen LogP contribution is 2.33. The molecule has 0 aromatic heterocycles. The molecular weight excluding hydrogens is 249 g/mol. The summed E-state index contributed by atoms with van der Waals surface area (Å²) in [5.74, 6) is 0.166. The van der Waals surface area contributed by atoms with Crippen LogP contribution >= 0.6 is 11.6 Å². The number of hydrogen-bond donors (Lipinski definition) is 1. The molecule has 0 saturated heterocycles. The third kappa shape index (κ3) is 3.69. The van der Waals surface area contributed by atoms with Crippen LogP contribution in [0.1, 0.15) is 33.3 Å². The van der Waals surface area contributed by atoms with E-state index in [1.165, 1.54) is 6.07 Å². The molecule has 102 valence electrons. The first kappa shape index (κ1) is 15.5. The van der Waals surface area contributed by atoms with Crippen LogP contribution in [0.25, 0.3) is 0 Å². The molecule has 0 heterocycles. The molecule has 1 aromatic carbocycles.